The number of halogens is 1. The molecule has 0 unspecified atom stereocenters. The quantitative estimate of drug-likeness (QED) is 0.763. The van der Waals surface area contributed by atoms with E-state index in [9.17, 15) is 0 Å². The second-order valence-corrected chi connectivity index (χ2v) is 4.36. The monoisotopic (exact) mass is 277 g/mol. The van der Waals surface area contributed by atoms with Crippen LogP contribution in [0.5, 0.6) is 17.4 Å². The predicted octanol–water partition coefficient (Wildman–Crippen LogP) is 4.32. The van der Waals surface area contributed by atoms with Crippen molar-refractivity contribution in [2.24, 2.45) is 0 Å². The van der Waals surface area contributed by atoms with E-state index in [-0.39, 0.29) is 0 Å². The van der Waals surface area contributed by atoms with Crippen molar-refractivity contribution in [2.45, 2.75) is 19.7 Å². The third kappa shape index (κ3) is 3.86. The van der Waals surface area contributed by atoms with Crippen LogP contribution in [0, 0.1) is 6.92 Å². The fourth-order valence-corrected chi connectivity index (χ4v) is 1.88. The summed E-state index contributed by atoms with van der Waals surface area (Å²) in [5.74, 6) is 2.55. The van der Waals surface area contributed by atoms with Crippen molar-refractivity contribution >= 4 is 11.6 Å². The lowest BCUT2D eigenvalue weighted by molar-refractivity contribution is 0.339. The van der Waals surface area contributed by atoms with Crippen LogP contribution in [-0.2, 0) is 5.88 Å². The van der Waals surface area contributed by atoms with Gasteiger partial charge in [0, 0.05) is 17.6 Å². The maximum atomic E-state index is 5.83. The third-order valence-electron chi connectivity index (χ3n) is 2.50. The topological polar surface area (TPSA) is 31.4 Å². The Labute approximate surface area is 118 Å². The molecule has 2 aromatic rings. The molecule has 100 valence electrons. The first-order chi connectivity index (χ1) is 9.21. The predicted molar refractivity (Wildman–Crippen MR) is 76.2 cm³/mol. The average molecular weight is 278 g/mol. The van der Waals surface area contributed by atoms with Gasteiger partial charge in [-0.2, -0.15) is 0 Å². The Morgan fingerprint density at radius 1 is 1.11 bits per heavy atom. The Bertz CT molecular complexity index is 540. The van der Waals surface area contributed by atoms with E-state index < -0.39 is 0 Å². The summed E-state index contributed by atoms with van der Waals surface area (Å²) >= 11 is 5.83. The normalized spacial score (nSPS) is 10.3. The van der Waals surface area contributed by atoms with Crippen LogP contribution >= 0.6 is 11.6 Å². The zero-order valence-electron chi connectivity index (χ0n) is 11.0. The third-order valence-corrected chi connectivity index (χ3v) is 2.81. The van der Waals surface area contributed by atoms with Gasteiger partial charge in [-0.1, -0.05) is 0 Å². The van der Waals surface area contributed by atoms with Gasteiger partial charge in [0.1, 0.15) is 11.5 Å². The molecule has 2 rings (SSSR count). The lowest BCUT2D eigenvalue weighted by Gasteiger charge is -2.08. The van der Waals surface area contributed by atoms with E-state index in [2.05, 4.69) is 4.98 Å². The summed E-state index contributed by atoms with van der Waals surface area (Å²) < 4.78 is 11.1. The van der Waals surface area contributed by atoms with E-state index in [0.29, 0.717) is 18.4 Å². The first kappa shape index (κ1) is 13.7. The molecule has 0 N–H and O–H groups in total. The number of nitrogens with zero attached hydrogens (tertiary/aromatic N) is 1. The van der Waals surface area contributed by atoms with Gasteiger partial charge < -0.3 is 9.47 Å². The highest BCUT2D eigenvalue weighted by Gasteiger charge is 2.03. The van der Waals surface area contributed by atoms with Gasteiger partial charge in [0.2, 0.25) is 5.88 Å². The number of hydrogen-bond acceptors (Lipinski definition) is 3. The second kappa shape index (κ2) is 6.43. The van der Waals surface area contributed by atoms with E-state index >= 15 is 0 Å². The highest BCUT2D eigenvalue weighted by Crippen LogP contribution is 2.24. The maximum Gasteiger partial charge on any atom is 0.219 e. The molecule has 0 radical (unpaired) electrons. The van der Waals surface area contributed by atoms with Crippen LogP contribution in [0.25, 0.3) is 0 Å². The number of alkyl halides is 1. The Hall–Kier alpha value is -1.74. The van der Waals surface area contributed by atoms with E-state index in [1.807, 2.05) is 50.2 Å². The molecule has 19 heavy (non-hydrogen) atoms. The molecule has 0 aliphatic heterocycles. The molecule has 0 spiro atoms. The van der Waals surface area contributed by atoms with Crippen molar-refractivity contribution < 1.29 is 9.47 Å². The lowest BCUT2D eigenvalue weighted by atomic mass is 10.2. The molecule has 1 heterocycles. The zero-order chi connectivity index (χ0) is 13.7. The molecule has 0 amide bonds. The molecule has 0 aliphatic rings. The molecule has 0 atom stereocenters. The first-order valence-electron chi connectivity index (χ1n) is 6.15. The van der Waals surface area contributed by atoms with Crippen molar-refractivity contribution in [1.82, 2.24) is 4.98 Å². The standard InChI is InChI=1S/C15H16ClNO2/c1-3-18-13-4-6-14(7-5-13)19-15-9-12(10-16)8-11(2)17-15/h4-9H,3,10H2,1-2H3. The van der Waals surface area contributed by atoms with Gasteiger partial charge in [-0.15, -0.1) is 11.6 Å². The van der Waals surface area contributed by atoms with Crippen molar-refractivity contribution in [3.8, 4) is 17.4 Å². The van der Waals surface area contributed by atoms with Crippen LogP contribution in [0.15, 0.2) is 36.4 Å². The largest absolute Gasteiger partial charge is 0.494 e. The smallest absolute Gasteiger partial charge is 0.219 e. The molecule has 0 saturated heterocycles. The summed E-state index contributed by atoms with van der Waals surface area (Å²) in [6.45, 7) is 4.52. The minimum atomic E-state index is 0.447. The Balaban J connectivity index is 2.14. The van der Waals surface area contributed by atoms with E-state index in [1.54, 1.807) is 0 Å². The number of aromatic nitrogens is 1. The van der Waals surface area contributed by atoms with Gasteiger partial charge in [-0.25, -0.2) is 4.98 Å². The van der Waals surface area contributed by atoms with Gasteiger partial charge in [0.15, 0.2) is 0 Å². The summed E-state index contributed by atoms with van der Waals surface area (Å²) in [7, 11) is 0. The van der Waals surface area contributed by atoms with Crippen molar-refractivity contribution in [3.63, 3.8) is 0 Å². The minimum absolute atomic E-state index is 0.447. The van der Waals surface area contributed by atoms with E-state index in [1.165, 1.54) is 0 Å². The number of rotatable bonds is 5. The summed E-state index contributed by atoms with van der Waals surface area (Å²) in [5.41, 5.74) is 1.88. The lowest BCUT2D eigenvalue weighted by Crippen LogP contribution is -1.93. The molecule has 4 heteroatoms. The molecule has 1 aromatic heterocycles. The van der Waals surface area contributed by atoms with Crippen LogP contribution in [-0.4, -0.2) is 11.6 Å². The number of benzene rings is 1. The average Bonchev–Trinajstić information content (AvgIpc) is 2.40. The molecule has 0 bridgehead atoms. The minimum Gasteiger partial charge on any atom is -0.494 e. The molecule has 0 saturated carbocycles. The Morgan fingerprint density at radius 2 is 1.79 bits per heavy atom. The molecule has 0 fully saturated rings. The van der Waals surface area contributed by atoms with Gasteiger partial charge in [0.25, 0.3) is 0 Å². The Morgan fingerprint density at radius 3 is 2.42 bits per heavy atom. The molecule has 1 aromatic carbocycles. The van der Waals surface area contributed by atoms with Gasteiger partial charge >= 0.3 is 0 Å². The summed E-state index contributed by atoms with van der Waals surface area (Å²) in [4.78, 5) is 4.32. The van der Waals surface area contributed by atoms with Gasteiger partial charge in [-0.3, -0.25) is 0 Å². The van der Waals surface area contributed by atoms with E-state index in [4.69, 9.17) is 21.1 Å². The number of hydrogen-bond donors (Lipinski definition) is 0. The highest BCUT2D eigenvalue weighted by molar-refractivity contribution is 6.17. The van der Waals surface area contributed by atoms with Gasteiger partial charge in [0.05, 0.1) is 6.61 Å². The van der Waals surface area contributed by atoms with Crippen LogP contribution in [0.2, 0.25) is 0 Å². The van der Waals surface area contributed by atoms with Crippen LogP contribution in [0.3, 0.4) is 0 Å². The molecule has 0 aliphatic carbocycles. The summed E-state index contributed by atoms with van der Waals surface area (Å²) in [6, 6.07) is 11.2. The zero-order valence-corrected chi connectivity index (χ0v) is 11.8. The number of aryl methyl sites for hydroxylation is 1. The van der Waals surface area contributed by atoms with Crippen LogP contribution in [0.1, 0.15) is 18.2 Å². The number of ether oxygens (including phenoxy) is 2. The molecular formula is C15H16ClNO2. The van der Waals surface area contributed by atoms with Crippen molar-refractivity contribution in [3.05, 3.63) is 47.7 Å². The number of pyridine rings is 1. The van der Waals surface area contributed by atoms with Crippen LogP contribution < -0.4 is 9.47 Å². The second-order valence-electron chi connectivity index (χ2n) is 4.10. The van der Waals surface area contributed by atoms with E-state index in [0.717, 1.165) is 22.8 Å². The van der Waals surface area contributed by atoms with Gasteiger partial charge in [-0.05, 0) is 49.7 Å². The van der Waals surface area contributed by atoms with Crippen molar-refractivity contribution in [2.75, 3.05) is 6.61 Å². The highest BCUT2D eigenvalue weighted by atomic mass is 35.5. The first-order valence-corrected chi connectivity index (χ1v) is 6.69. The summed E-state index contributed by atoms with van der Waals surface area (Å²) in [6.07, 6.45) is 0. The SMILES string of the molecule is CCOc1ccc(Oc2cc(CCl)cc(C)n2)cc1. The molecular weight excluding hydrogens is 262 g/mol. The van der Waals surface area contributed by atoms with Crippen molar-refractivity contribution in [1.29, 1.82) is 0 Å². The van der Waals surface area contributed by atoms with Crippen LogP contribution in [0.4, 0.5) is 0 Å². The Kier molecular flexibility index (Phi) is 4.63. The fourth-order valence-electron chi connectivity index (χ4n) is 1.73. The summed E-state index contributed by atoms with van der Waals surface area (Å²) in [5, 5.41) is 0. The molecule has 3 nitrogen and oxygen atoms in total. The maximum absolute atomic E-state index is 5.83. The fraction of sp³-hybridized carbons (Fsp3) is 0.267.